The highest BCUT2D eigenvalue weighted by Crippen LogP contribution is 2.36. The van der Waals surface area contributed by atoms with E-state index in [1.165, 1.54) is 0 Å². The molecule has 3 atom stereocenters. The highest BCUT2D eigenvalue weighted by Gasteiger charge is 2.45. The van der Waals surface area contributed by atoms with E-state index < -0.39 is 11.5 Å². The van der Waals surface area contributed by atoms with Gasteiger partial charge in [0.05, 0.1) is 13.2 Å². The van der Waals surface area contributed by atoms with Gasteiger partial charge in [0.2, 0.25) is 0 Å². The molecule has 1 saturated heterocycles. The molecule has 1 heterocycles. The quantitative estimate of drug-likeness (QED) is 0.694. The molecule has 5 nitrogen and oxygen atoms in total. The van der Waals surface area contributed by atoms with E-state index in [1.807, 2.05) is 0 Å². The molecular weight excluding hydrogens is 234 g/mol. The number of hydrogen-bond acceptors (Lipinski definition) is 4. The number of aliphatic carboxylic acids is 1. The first kappa shape index (κ1) is 13.8. The fraction of sp³-hybridized carbons (Fsp3) is 0.923. The van der Waals surface area contributed by atoms with Crippen LogP contribution in [0.4, 0.5) is 0 Å². The zero-order valence-corrected chi connectivity index (χ0v) is 10.8. The third-order valence-electron chi connectivity index (χ3n) is 4.26. The Balaban J connectivity index is 1.67. The Bertz CT molecular complexity index is 291. The second-order valence-corrected chi connectivity index (χ2v) is 5.53. The van der Waals surface area contributed by atoms with E-state index in [0.717, 1.165) is 45.5 Å². The van der Waals surface area contributed by atoms with E-state index in [4.69, 9.17) is 15.2 Å². The number of hydrogen-bond donors (Lipinski definition) is 2. The number of ether oxygens (including phenoxy) is 2. The van der Waals surface area contributed by atoms with Crippen LogP contribution in [0.15, 0.2) is 0 Å². The van der Waals surface area contributed by atoms with Crippen LogP contribution < -0.4 is 5.73 Å². The molecule has 18 heavy (non-hydrogen) atoms. The van der Waals surface area contributed by atoms with Gasteiger partial charge >= 0.3 is 5.97 Å². The van der Waals surface area contributed by atoms with E-state index in [0.29, 0.717) is 18.9 Å². The molecule has 1 saturated carbocycles. The first-order chi connectivity index (χ1) is 8.63. The maximum Gasteiger partial charge on any atom is 0.323 e. The maximum absolute atomic E-state index is 11.2. The maximum atomic E-state index is 11.2. The van der Waals surface area contributed by atoms with Crippen LogP contribution in [0.2, 0.25) is 0 Å². The largest absolute Gasteiger partial charge is 0.480 e. The summed E-state index contributed by atoms with van der Waals surface area (Å²) in [7, 11) is 0. The predicted molar refractivity (Wildman–Crippen MR) is 66.3 cm³/mol. The zero-order valence-electron chi connectivity index (χ0n) is 10.8. The minimum atomic E-state index is -1.03. The summed E-state index contributed by atoms with van der Waals surface area (Å²) in [6.45, 7) is 2.95. The second-order valence-electron chi connectivity index (χ2n) is 5.53. The predicted octanol–water partition coefficient (Wildman–Crippen LogP) is 1.01. The Labute approximate surface area is 108 Å². The van der Waals surface area contributed by atoms with Crippen molar-refractivity contribution in [2.45, 2.75) is 37.6 Å². The molecule has 2 fully saturated rings. The van der Waals surface area contributed by atoms with E-state index in [9.17, 15) is 9.90 Å². The molecule has 3 unspecified atom stereocenters. The number of carbonyl (C=O) groups is 1. The Morgan fingerprint density at radius 3 is 3.00 bits per heavy atom. The molecule has 0 bridgehead atoms. The fourth-order valence-corrected chi connectivity index (χ4v) is 2.98. The molecular formula is C13H23NO4. The average Bonchev–Trinajstić information content (AvgIpc) is 2.95. The van der Waals surface area contributed by atoms with Crippen LogP contribution in [0.3, 0.4) is 0 Å². The van der Waals surface area contributed by atoms with E-state index >= 15 is 0 Å². The molecule has 5 heteroatoms. The Morgan fingerprint density at radius 1 is 1.50 bits per heavy atom. The van der Waals surface area contributed by atoms with Crippen LogP contribution in [-0.2, 0) is 14.3 Å². The third-order valence-corrected chi connectivity index (χ3v) is 4.26. The van der Waals surface area contributed by atoms with Crippen LogP contribution in [0.1, 0.15) is 32.1 Å². The topological polar surface area (TPSA) is 81.8 Å². The normalized spacial score (nSPS) is 36.1. The minimum absolute atomic E-state index is 0.0508. The zero-order chi connectivity index (χ0) is 13.0. The average molecular weight is 257 g/mol. The van der Waals surface area contributed by atoms with Gasteiger partial charge in [0.25, 0.3) is 0 Å². The molecule has 2 aliphatic rings. The molecule has 0 spiro atoms. The lowest BCUT2D eigenvalue weighted by atomic mass is 9.86. The lowest BCUT2D eigenvalue weighted by Crippen LogP contribution is -2.51. The molecule has 0 aromatic heterocycles. The second kappa shape index (κ2) is 5.99. The van der Waals surface area contributed by atoms with Gasteiger partial charge in [-0.2, -0.15) is 0 Å². The Morgan fingerprint density at radius 2 is 2.33 bits per heavy atom. The summed E-state index contributed by atoms with van der Waals surface area (Å²) >= 11 is 0. The fourth-order valence-electron chi connectivity index (χ4n) is 2.98. The lowest BCUT2D eigenvalue weighted by molar-refractivity contribution is -0.145. The summed E-state index contributed by atoms with van der Waals surface area (Å²) in [5.74, 6) is -0.306. The van der Waals surface area contributed by atoms with Crippen LogP contribution in [-0.4, -0.2) is 43.0 Å². The van der Waals surface area contributed by atoms with Gasteiger partial charge in [0.1, 0.15) is 5.54 Å². The van der Waals surface area contributed by atoms with Crippen LogP contribution >= 0.6 is 0 Å². The van der Waals surface area contributed by atoms with Gasteiger partial charge in [-0.05, 0) is 31.6 Å². The molecule has 1 aliphatic heterocycles. The van der Waals surface area contributed by atoms with Crippen molar-refractivity contribution in [1.82, 2.24) is 0 Å². The SMILES string of the molecule is NC1(C(=O)O)CCCC1CCOCC1CCOC1. The van der Waals surface area contributed by atoms with E-state index in [2.05, 4.69) is 0 Å². The van der Waals surface area contributed by atoms with Gasteiger partial charge in [0, 0.05) is 19.1 Å². The summed E-state index contributed by atoms with van der Waals surface area (Å²) < 4.78 is 10.9. The van der Waals surface area contributed by atoms with Gasteiger partial charge in [-0.1, -0.05) is 6.42 Å². The van der Waals surface area contributed by atoms with Gasteiger partial charge in [0.15, 0.2) is 0 Å². The Kier molecular flexibility index (Phi) is 4.59. The Hall–Kier alpha value is -0.650. The molecule has 1 aliphatic carbocycles. The lowest BCUT2D eigenvalue weighted by Gasteiger charge is -2.26. The van der Waals surface area contributed by atoms with Crippen molar-refractivity contribution in [2.75, 3.05) is 26.4 Å². The van der Waals surface area contributed by atoms with Crippen molar-refractivity contribution >= 4 is 5.97 Å². The van der Waals surface area contributed by atoms with Crippen molar-refractivity contribution in [3.8, 4) is 0 Å². The van der Waals surface area contributed by atoms with Crippen molar-refractivity contribution < 1.29 is 19.4 Å². The molecule has 2 rings (SSSR count). The summed E-state index contributed by atoms with van der Waals surface area (Å²) in [5.41, 5.74) is 4.95. The van der Waals surface area contributed by atoms with Crippen molar-refractivity contribution in [2.24, 2.45) is 17.6 Å². The van der Waals surface area contributed by atoms with Crippen molar-refractivity contribution in [3.05, 3.63) is 0 Å². The summed E-state index contributed by atoms with van der Waals surface area (Å²) in [6.07, 6.45) is 4.21. The van der Waals surface area contributed by atoms with Crippen molar-refractivity contribution in [1.29, 1.82) is 0 Å². The number of rotatable bonds is 6. The third kappa shape index (κ3) is 3.02. The molecule has 104 valence electrons. The van der Waals surface area contributed by atoms with Crippen LogP contribution in [0, 0.1) is 11.8 Å². The molecule has 0 radical (unpaired) electrons. The van der Waals surface area contributed by atoms with Crippen molar-refractivity contribution in [3.63, 3.8) is 0 Å². The molecule has 3 N–H and O–H groups in total. The molecule has 0 aromatic rings. The first-order valence-corrected chi connectivity index (χ1v) is 6.80. The van der Waals surface area contributed by atoms with Gasteiger partial charge in [-0.25, -0.2) is 0 Å². The highest BCUT2D eigenvalue weighted by atomic mass is 16.5. The summed E-state index contributed by atoms with van der Waals surface area (Å²) in [6, 6.07) is 0. The smallest absolute Gasteiger partial charge is 0.323 e. The standard InChI is InChI=1S/C13H23NO4/c14-13(12(15)16)5-1-2-11(13)4-7-18-9-10-3-6-17-8-10/h10-11H,1-9,14H2,(H,15,16). The number of carboxylic acid groups (broad SMARTS) is 1. The number of carboxylic acids is 1. The van der Waals surface area contributed by atoms with Crippen LogP contribution in [0.25, 0.3) is 0 Å². The van der Waals surface area contributed by atoms with Gasteiger partial charge in [-0.15, -0.1) is 0 Å². The summed E-state index contributed by atoms with van der Waals surface area (Å²) in [4.78, 5) is 11.2. The molecule has 0 amide bonds. The number of nitrogens with two attached hydrogens (primary N) is 1. The first-order valence-electron chi connectivity index (χ1n) is 6.80. The highest BCUT2D eigenvalue weighted by molar-refractivity contribution is 5.79. The van der Waals surface area contributed by atoms with Gasteiger partial charge < -0.3 is 20.3 Å². The minimum Gasteiger partial charge on any atom is -0.480 e. The monoisotopic (exact) mass is 257 g/mol. The van der Waals surface area contributed by atoms with E-state index in [1.54, 1.807) is 0 Å². The van der Waals surface area contributed by atoms with E-state index in [-0.39, 0.29) is 5.92 Å². The van der Waals surface area contributed by atoms with Crippen LogP contribution in [0.5, 0.6) is 0 Å². The molecule has 0 aromatic carbocycles. The van der Waals surface area contributed by atoms with Gasteiger partial charge in [-0.3, -0.25) is 4.79 Å². The summed E-state index contributed by atoms with van der Waals surface area (Å²) in [5, 5.41) is 9.19.